The standard InChI is InChI=1S/C24H27F3N6O2/c1-15-13-33-21(29-22(15)31-11-9-16(28)14-31)12-18(30-33)19-7-4-5-10-32(19)23(34)17-6-2-3-8-20(17)35-24(25,26)27/h2-3,6,8,12-13,16,19H,4-5,7,9-11,14,28H2,1H3. The first kappa shape index (κ1) is 23.4. The van der Waals surface area contributed by atoms with Crippen molar-refractivity contribution >= 4 is 17.4 Å². The highest BCUT2D eigenvalue weighted by molar-refractivity contribution is 5.97. The molecule has 0 spiro atoms. The number of hydrogen-bond donors (Lipinski definition) is 1. The van der Waals surface area contributed by atoms with Crippen molar-refractivity contribution in [3.8, 4) is 5.75 Å². The normalized spacial score (nSPS) is 21.1. The number of likely N-dealkylation sites (tertiary alicyclic amines) is 1. The number of aromatic nitrogens is 3. The Hall–Kier alpha value is -3.34. The highest BCUT2D eigenvalue weighted by Gasteiger charge is 2.36. The van der Waals surface area contributed by atoms with Crippen LogP contribution in [0.3, 0.4) is 0 Å². The van der Waals surface area contributed by atoms with Crippen LogP contribution in [-0.2, 0) is 0 Å². The zero-order valence-electron chi connectivity index (χ0n) is 19.3. The van der Waals surface area contributed by atoms with Crippen LogP contribution in [0.2, 0.25) is 0 Å². The number of nitrogens with zero attached hydrogens (tertiary/aromatic N) is 5. The lowest BCUT2D eigenvalue weighted by molar-refractivity contribution is -0.274. The van der Waals surface area contributed by atoms with Gasteiger partial charge < -0.3 is 20.3 Å². The average molecular weight is 489 g/mol. The highest BCUT2D eigenvalue weighted by atomic mass is 19.4. The first-order chi connectivity index (χ1) is 16.7. The average Bonchev–Trinajstić information content (AvgIpc) is 3.43. The zero-order valence-corrected chi connectivity index (χ0v) is 19.3. The van der Waals surface area contributed by atoms with Crippen LogP contribution in [0, 0.1) is 6.92 Å². The van der Waals surface area contributed by atoms with Crippen LogP contribution in [0.25, 0.3) is 5.65 Å². The first-order valence-corrected chi connectivity index (χ1v) is 11.7. The number of carbonyl (C=O) groups is 1. The fourth-order valence-electron chi connectivity index (χ4n) is 4.98. The SMILES string of the molecule is Cc1cn2nc(C3CCCCN3C(=O)c3ccccc3OC(F)(F)F)cc2nc1N1CCC(N)C1. The molecular weight excluding hydrogens is 461 g/mol. The van der Waals surface area contributed by atoms with Gasteiger partial charge in [0.2, 0.25) is 0 Å². The Morgan fingerprint density at radius 2 is 1.97 bits per heavy atom. The van der Waals surface area contributed by atoms with Crippen molar-refractivity contribution in [1.82, 2.24) is 19.5 Å². The topological polar surface area (TPSA) is 89.0 Å². The van der Waals surface area contributed by atoms with Crippen LogP contribution in [-0.4, -0.2) is 57.4 Å². The molecule has 2 unspecified atom stereocenters. The van der Waals surface area contributed by atoms with Crippen LogP contribution < -0.4 is 15.4 Å². The molecular formula is C24H27F3N6O2. The lowest BCUT2D eigenvalue weighted by Gasteiger charge is -2.35. The lowest BCUT2D eigenvalue weighted by atomic mass is 9.98. The van der Waals surface area contributed by atoms with Gasteiger partial charge >= 0.3 is 6.36 Å². The minimum absolute atomic E-state index is 0.123. The number of carbonyl (C=O) groups excluding carboxylic acids is 1. The number of ether oxygens (including phenoxy) is 1. The Kier molecular flexibility index (Phi) is 6.04. The number of piperidine rings is 1. The maximum atomic E-state index is 13.4. The molecule has 11 heteroatoms. The summed E-state index contributed by atoms with van der Waals surface area (Å²) in [5.41, 5.74) is 8.23. The molecule has 8 nitrogen and oxygen atoms in total. The summed E-state index contributed by atoms with van der Waals surface area (Å²) in [6, 6.07) is 7.05. The largest absolute Gasteiger partial charge is 0.573 e. The second-order valence-electron chi connectivity index (χ2n) is 9.17. The Labute approximate surface area is 200 Å². The Bertz CT molecular complexity index is 1240. The summed E-state index contributed by atoms with van der Waals surface area (Å²) < 4.78 is 44.5. The molecule has 0 saturated carbocycles. The maximum absolute atomic E-state index is 13.4. The summed E-state index contributed by atoms with van der Waals surface area (Å²) in [6.45, 7) is 3.98. The van der Waals surface area contributed by atoms with Gasteiger partial charge in [-0.2, -0.15) is 5.10 Å². The van der Waals surface area contributed by atoms with Gasteiger partial charge in [-0.15, -0.1) is 13.2 Å². The Morgan fingerprint density at radius 3 is 2.71 bits per heavy atom. The minimum atomic E-state index is -4.89. The summed E-state index contributed by atoms with van der Waals surface area (Å²) in [7, 11) is 0. The number of halogens is 3. The van der Waals surface area contributed by atoms with E-state index in [2.05, 4.69) is 9.64 Å². The van der Waals surface area contributed by atoms with Gasteiger partial charge in [-0.25, -0.2) is 9.50 Å². The number of fused-ring (bicyclic) bond motifs is 1. The highest BCUT2D eigenvalue weighted by Crippen LogP contribution is 2.35. The van der Waals surface area contributed by atoms with Gasteiger partial charge in [0.15, 0.2) is 5.65 Å². The number of anilines is 1. The summed E-state index contributed by atoms with van der Waals surface area (Å²) in [5, 5.41) is 4.69. The van der Waals surface area contributed by atoms with Crippen molar-refractivity contribution in [1.29, 1.82) is 0 Å². The molecule has 2 atom stereocenters. The monoisotopic (exact) mass is 488 g/mol. The van der Waals surface area contributed by atoms with Crippen molar-refractivity contribution < 1.29 is 22.7 Å². The number of nitrogens with two attached hydrogens (primary N) is 1. The molecule has 0 aliphatic carbocycles. The van der Waals surface area contributed by atoms with Crippen LogP contribution in [0.4, 0.5) is 19.0 Å². The van der Waals surface area contributed by atoms with Crippen molar-refractivity contribution in [3.63, 3.8) is 0 Å². The smallest absolute Gasteiger partial charge is 0.405 e. The lowest BCUT2D eigenvalue weighted by Crippen LogP contribution is -2.39. The molecule has 2 saturated heterocycles. The molecule has 4 heterocycles. The van der Waals surface area contributed by atoms with Crippen molar-refractivity contribution in [3.05, 3.63) is 53.3 Å². The molecule has 1 aromatic carbocycles. The molecule has 1 amide bonds. The van der Waals surface area contributed by atoms with Crippen LogP contribution in [0.15, 0.2) is 36.5 Å². The van der Waals surface area contributed by atoms with Crippen LogP contribution in [0.1, 0.15) is 53.3 Å². The predicted octanol–water partition coefficient (Wildman–Crippen LogP) is 3.84. The fraction of sp³-hybridized carbons (Fsp3) is 0.458. The van der Waals surface area contributed by atoms with Crippen molar-refractivity contribution in [2.75, 3.05) is 24.5 Å². The summed E-state index contributed by atoms with van der Waals surface area (Å²) in [6.07, 6.45) is 0.230. The van der Waals surface area contributed by atoms with Gasteiger partial charge in [0.25, 0.3) is 5.91 Å². The Morgan fingerprint density at radius 1 is 1.17 bits per heavy atom. The molecule has 5 rings (SSSR count). The van der Waals surface area contributed by atoms with E-state index in [0.717, 1.165) is 49.8 Å². The zero-order chi connectivity index (χ0) is 24.7. The van der Waals surface area contributed by atoms with Gasteiger partial charge in [-0.1, -0.05) is 12.1 Å². The molecule has 2 fully saturated rings. The molecule has 2 aliphatic heterocycles. The number of alkyl halides is 3. The predicted molar refractivity (Wildman–Crippen MR) is 123 cm³/mol. The molecule has 186 valence electrons. The van der Waals surface area contributed by atoms with Gasteiger partial charge in [-0.05, 0) is 44.7 Å². The molecule has 3 aromatic rings. The van der Waals surface area contributed by atoms with Crippen molar-refractivity contribution in [2.24, 2.45) is 5.73 Å². The van der Waals surface area contributed by atoms with E-state index in [1.165, 1.54) is 18.2 Å². The maximum Gasteiger partial charge on any atom is 0.573 e. The van der Waals surface area contributed by atoms with Gasteiger partial charge in [0, 0.05) is 43.5 Å². The second kappa shape index (κ2) is 9.03. The van der Waals surface area contributed by atoms with Gasteiger partial charge in [0.1, 0.15) is 11.6 Å². The van der Waals surface area contributed by atoms with Crippen LogP contribution >= 0.6 is 0 Å². The number of para-hydroxylation sites is 1. The van der Waals surface area contributed by atoms with E-state index in [9.17, 15) is 18.0 Å². The van der Waals surface area contributed by atoms with E-state index in [1.807, 2.05) is 19.2 Å². The molecule has 2 aromatic heterocycles. The first-order valence-electron chi connectivity index (χ1n) is 11.7. The third-order valence-electron chi connectivity index (χ3n) is 6.60. The third kappa shape index (κ3) is 4.77. The van der Waals surface area contributed by atoms with Gasteiger partial charge in [-0.3, -0.25) is 4.79 Å². The quantitative estimate of drug-likeness (QED) is 0.600. The minimum Gasteiger partial charge on any atom is -0.405 e. The third-order valence-corrected chi connectivity index (χ3v) is 6.60. The van der Waals surface area contributed by atoms with E-state index < -0.39 is 18.0 Å². The molecule has 35 heavy (non-hydrogen) atoms. The van der Waals surface area contributed by atoms with Crippen LogP contribution in [0.5, 0.6) is 5.75 Å². The van der Waals surface area contributed by atoms with E-state index in [0.29, 0.717) is 24.3 Å². The molecule has 0 radical (unpaired) electrons. The van der Waals surface area contributed by atoms with E-state index in [4.69, 9.17) is 15.8 Å². The number of amides is 1. The number of aryl methyl sites for hydroxylation is 1. The number of benzene rings is 1. The number of rotatable bonds is 4. The van der Waals surface area contributed by atoms with Gasteiger partial charge in [0.05, 0.1) is 17.3 Å². The Balaban J connectivity index is 1.46. The summed E-state index contributed by atoms with van der Waals surface area (Å²) in [4.78, 5) is 22.0. The molecule has 2 aliphatic rings. The second-order valence-corrected chi connectivity index (χ2v) is 9.17. The van der Waals surface area contributed by atoms with Crippen molar-refractivity contribution in [2.45, 2.75) is 51.1 Å². The molecule has 0 bridgehead atoms. The fourth-order valence-corrected chi connectivity index (χ4v) is 4.98. The summed E-state index contributed by atoms with van der Waals surface area (Å²) in [5.74, 6) is -0.149. The summed E-state index contributed by atoms with van der Waals surface area (Å²) >= 11 is 0. The number of hydrogen-bond acceptors (Lipinski definition) is 6. The molecule has 2 N–H and O–H groups in total. The van der Waals surface area contributed by atoms with E-state index >= 15 is 0 Å². The van der Waals surface area contributed by atoms with E-state index in [1.54, 1.807) is 9.42 Å². The van der Waals surface area contributed by atoms with E-state index in [-0.39, 0.29) is 17.6 Å².